The lowest BCUT2D eigenvalue weighted by Gasteiger charge is -2.11. The van der Waals surface area contributed by atoms with Gasteiger partial charge in [-0.15, -0.1) is 0 Å². The first-order valence-corrected chi connectivity index (χ1v) is 11.3. The number of esters is 1. The fourth-order valence-corrected chi connectivity index (χ4v) is 4.07. The Morgan fingerprint density at radius 2 is 1.85 bits per heavy atom. The highest BCUT2D eigenvalue weighted by Crippen LogP contribution is 2.30. The van der Waals surface area contributed by atoms with Gasteiger partial charge in [-0.1, -0.05) is 29.8 Å². The summed E-state index contributed by atoms with van der Waals surface area (Å²) in [6, 6.07) is 15.3. The largest absolute Gasteiger partial charge is 0.493 e. The predicted molar refractivity (Wildman–Crippen MR) is 134 cm³/mol. The van der Waals surface area contributed by atoms with Crippen LogP contribution in [0, 0.1) is 13.8 Å². The Hall–Kier alpha value is -3.36. The fraction of sp³-hybridized carbons (Fsp3) is 0.160. The number of aryl methyl sites for hydroxylation is 2. The van der Waals surface area contributed by atoms with Crippen LogP contribution in [0.15, 0.2) is 64.2 Å². The lowest BCUT2D eigenvalue weighted by Crippen LogP contribution is -2.24. The van der Waals surface area contributed by atoms with Crippen molar-refractivity contribution in [2.75, 3.05) is 13.7 Å². The third-order valence-corrected chi connectivity index (χ3v) is 5.53. The van der Waals surface area contributed by atoms with Gasteiger partial charge < -0.3 is 14.2 Å². The summed E-state index contributed by atoms with van der Waals surface area (Å²) in [6.45, 7) is 3.69. The van der Waals surface area contributed by atoms with Crippen LogP contribution >= 0.6 is 27.5 Å². The first-order chi connectivity index (χ1) is 16.3. The lowest BCUT2D eigenvalue weighted by molar-refractivity contribution is -0.123. The third-order valence-electron chi connectivity index (χ3n) is 4.61. The molecule has 176 valence electrons. The van der Waals surface area contributed by atoms with Crippen LogP contribution in [0.4, 0.5) is 0 Å². The number of benzene rings is 3. The average Bonchev–Trinajstić information content (AvgIpc) is 2.79. The molecule has 0 aliphatic rings. The van der Waals surface area contributed by atoms with E-state index in [4.69, 9.17) is 25.8 Å². The number of hydrazone groups is 1. The molecule has 0 radical (unpaired) electrons. The van der Waals surface area contributed by atoms with Gasteiger partial charge in [0.05, 0.1) is 28.4 Å². The average molecular weight is 546 g/mol. The summed E-state index contributed by atoms with van der Waals surface area (Å²) in [4.78, 5) is 24.5. The molecule has 9 heteroatoms. The van der Waals surface area contributed by atoms with Gasteiger partial charge in [-0.3, -0.25) is 4.79 Å². The van der Waals surface area contributed by atoms with E-state index < -0.39 is 11.9 Å². The van der Waals surface area contributed by atoms with Crippen LogP contribution in [0.5, 0.6) is 17.2 Å². The maximum absolute atomic E-state index is 12.4. The normalized spacial score (nSPS) is 10.7. The topological polar surface area (TPSA) is 86.2 Å². The van der Waals surface area contributed by atoms with Crippen LogP contribution in [0.1, 0.15) is 27.0 Å². The molecule has 0 aliphatic carbocycles. The molecule has 0 aromatic heterocycles. The van der Waals surface area contributed by atoms with Crippen LogP contribution in [-0.2, 0) is 4.79 Å². The molecule has 7 nitrogen and oxygen atoms in total. The van der Waals surface area contributed by atoms with Crippen LogP contribution in [-0.4, -0.2) is 31.8 Å². The minimum atomic E-state index is -0.604. The molecule has 1 amide bonds. The molecule has 1 N–H and O–H groups in total. The Labute approximate surface area is 210 Å². The van der Waals surface area contributed by atoms with Gasteiger partial charge in [0.25, 0.3) is 5.91 Å². The lowest BCUT2D eigenvalue weighted by atomic mass is 10.1. The summed E-state index contributed by atoms with van der Waals surface area (Å²) in [7, 11) is 1.45. The zero-order valence-electron chi connectivity index (χ0n) is 18.7. The summed E-state index contributed by atoms with van der Waals surface area (Å²) in [5, 5.41) is 4.23. The Morgan fingerprint density at radius 3 is 2.56 bits per heavy atom. The van der Waals surface area contributed by atoms with E-state index in [0.29, 0.717) is 22.1 Å². The van der Waals surface area contributed by atoms with E-state index in [2.05, 4.69) is 26.5 Å². The van der Waals surface area contributed by atoms with E-state index in [1.165, 1.54) is 13.3 Å². The second-order valence-electron chi connectivity index (χ2n) is 7.25. The summed E-state index contributed by atoms with van der Waals surface area (Å²) >= 11 is 9.50. The highest BCUT2D eigenvalue weighted by molar-refractivity contribution is 9.10. The van der Waals surface area contributed by atoms with Crippen molar-refractivity contribution in [3.63, 3.8) is 0 Å². The Bertz CT molecular complexity index is 1220. The van der Waals surface area contributed by atoms with E-state index in [1.807, 2.05) is 26.0 Å². The number of amides is 1. The summed E-state index contributed by atoms with van der Waals surface area (Å²) in [6.07, 6.45) is 1.44. The molecular formula is C25H22BrClN2O5. The van der Waals surface area contributed by atoms with Crippen LogP contribution in [0.3, 0.4) is 0 Å². The second kappa shape index (κ2) is 11.7. The van der Waals surface area contributed by atoms with Crippen LogP contribution in [0.2, 0.25) is 5.02 Å². The van der Waals surface area contributed by atoms with Crippen molar-refractivity contribution in [1.82, 2.24) is 5.43 Å². The number of halogens is 2. The first-order valence-electron chi connectivity index (χ1n) is 10.1. The molecule has 0 atom stereocenters. The van der Waals surface area contributed by atoms with Crippen LogP contribution < -0.4 is 19.6 Å². The van der Waals surface area contributed by atoms with E-state index in [1.54, 1.807) is 42.5 Å². The Kier molecular flexibility index (Phi) is 8.67. The molecular weight excluding hydrogens is 524 g/mol. The number of methoxy groups -OCH3 is 1. The van der Waals surface area contributed by atoms with Crippen molar-refractivity contribution in [1.29, 1.82) is 0 Å². The molecule has 3 rings (SSSR count). The first kappa shape index (κ1) is 25.3. The SMILES string of the molecule is COc1cc(/C=N/NC(=O)COc2c(C)cc(C)cc2Br)ccc1OC(=O)c1ccccc1Cl. The minimum Gasteiger partial charge on any atom is -0.493 e. The standard InChI is InChI=1S/C25H22BrClN2O5/c1-15-10-16(2)24(19(26)11-15)33-14-23(30)29-28-13-17-8-9-21(22(12-17)32-3)34-25(31)18-6-4-5-7-20(18)27/h4-13H,14H2,1-3H3,(H,29,30)/b28-13+. The van der Waals surface area contributed by atoms with E-state index >= 15 is 0 Å². The van der Waals surface area contributed by atoms with Gasteiger partial charge in [0, 0.05) is 0 Å². The van der Waals surface area contributed by atoms with E-state index in [-0.39, 0.29) is 17.9 Å². The van der Waals surface area contributed by atoms with Gasteiger partial charge in [0.2, 0.25) is 0 Å². The summed E-state index contributed by atoms with van der Waals surface area (Å²) in [5.41, 5.74) is 5.29. The molecule has 0 saturated heterocycles. The zero-order chi connectivity index (χ0) is 24.7. The number of carbonyl (C=O) groups is 2. The summed E-state index contributed by atoms with van der Waals surface area (Å²) in [5.74, 6) is 0.129. The highest BCUT2D eigenvalue weighted by atomic mass is 79.9. The zero-order valence-corrected chi connectivity index (χ0v) is 21.1. The minimum absolute atomic E-state index is 0.194. The molecule has 3 aromatic carbocycles. The second-order valence-corrected chi connectivity index (χ2v) is 8.52. The molecule has 0 aliphatic heterocycles. The van der Waals surface area contributed by atoms with Gasteiger partial charge in [0.15, 0.2) is 18.1 Å². The van der Waals surface area contributed by atoms with Crippen molar-refractivity contribution < 1.29 is 23.8 Å². The quantitative estimate of drug-likeness (QED) is 0.175. The number of ether oxygens (including phenoxy) is 3. The van der Waals surface area contributed by atoms with Gasteiger partial charge in [-0.05, 0) is 82.9 Å². The molecule has 0 saturated carbocycles. The molecule has 0 unspecified atom stereocenters. The van der Waals surface area contributed by atoms with Gasteiger partial charge >= 0.3 is 5.97 Å². The maximum atomic E-state index is 12.4. The monoisotopic (exact) mass is 544 g/mol. The number of hydrogen-bond acceptors (Lipinski definition) is 6. The number of carbonyl (C=O) groups excluding carboxylic acids is 2. The molecule has 0 bridgehead atoms. The highest BCUT2D eigenvalue weighted by Gasteiger charge is 2.15. The molecule has 0 spiro atoms. The van der Waals surface area contributed by atoms with E-state index in [9.17, 15) is 9.59 Å². The smallest absolute Gasteiger partial charge is 0.345 e. The van der Waals surface area contributed by atoms with Crippen LogP contribution in [0.25, 0.3) is 0 Å². The maximum Gasteiger partial charge on any atom is 0.345 e. The Balaban J connectivity index is 1.59. The number of hydrogen-bond donors (Lipinski definition) is 1. The predicted octanol–water partition coefficient (Wildman–Crippen LogP) is 5.48. The van der Waals surface area contributed by atoms with Gasteiger partial charge in [-0.25, -0.2) is 10.2 Å². The molecule has 0 fully saturated rings. The number of nitrogens with one attached hydrogen (secondary N) is 1. The number of rotatable bonds is 8. The molecule has 34 heavy (non-hydrogen) atoms. The molecule has 0 heterocycles. The third kappa shape index (κ3) is 6.59. The van der Waals surface area contributed by atoms with Crippen molar-refractivity contribution in [3.8, 4) is 17.2 Å². The Morgan fingerprint density at radius 1 is 1.09 bits per heavy atom. The van der Waals surface area contributed by atoms with Crippen molar-refractivity contribution in [2.45, 2.75) is 13.8 Å². The van der Waals surface area contributed by atoms with Gasteiger partial charge in [-0.2, -0.15) is 5.10 Å². The van der Waals surface area contributed by atoms with Crippen molar-refractivity contribution in [2.24, 2.45) is 5.10 Å². The molecule has 3 aromatic rings. The van der Waals surface area contributed by atoms with E-state index in [0.717, 1.165) is 15.6 Å². The van der Waals surface area contributed by atoms with Crippen molar-refractivity contribution in [3.05, 3.63) is 86.3 Å². The van der Waals surface area contributed by atoms with Gasteiger partial charge in [0.1, 0.15) is 5.75 Å². The fourth-order valence-electron chi connectivity index (χ4n) is 3.06. The summed E-state index contributed by atoms with van der Waals surface area (Å²) < 4.78 is 17.1. The van der Waals surface area contributed by atoms with Crippen molar-refractivity contribution >= 4 is 45.6 Å². The number of nitrogens with zero attached hydrogens (tertiary/aromatic N) is 1.